The Labute approximate surface area is 244 Å². The van der Waals surface area contributed by atoms with Crippen LogP contribution in [-0.4, -0.2) is 34.8 Å². The molecule has 214 valence electrons. The van der Waals surface area contributed by atoms with Crippen molar-refractivity contribution in [2.45, 2.75) is 38.0 Å². The lowest BCUT2D eigenvalue weighted by Crippen LogP contribution is -2.51. The van der Waals surface area contributed by atoms with E-state index in [2.05, 4.69) is 0 Å². The number of nitrogens with two attached hydrogens (primary N) is 1. The molecule has 0 fully saturated rings. The second kappa shape index (κ2) is 15.1. The lowest BCUT2D eigenvalue weighted by Gasteiger charge is -2.25. The Morgan fingerprint density at radius 1 is 0.667 bits per heavy atom. The van der Waals surface area contributed by atoms with Gasteiger partial charge >= 0.3 is 12.1 Å². The van der Waals surface area contributed by atoms with E-state index in [0.717, 1.165) is 16.7 Å². The van der Waals surface area contributed by atoms with Gasteiger partial charge in [-0.3, -0.25) is 9.59 Å². The van der Waals surface area contributed by atoms with Gasteiger partial charge in [-0.15, -0.1) is 0 Å². The number of aryl methyl sites for hydroxylation is 1. The molecular formula is C34H32N2O6. The molecule has 4 aromatic rings. The van der Waals surface area contributed by atoms with Crippen LogP contribution in [0, 0.1) is 0 Å². The molecule has 1 unspecified atom stereocenters. The van der Waals surface area contributed by atoms with E-state index in [1.807, 2.05) is 42.5 Å². The van der Waals surface area contributed by atoms with Crippen LogP contribution in [0.1, 0.15) is 34.8 Å². The smallest absolute Gasteiger partial charge is 0.424 e. The summed E-state index contributed by atoms with van der Waals surface area (Å²) < 4.78 is 11.0. The number of benzene rings is 4. The van der Waals surface area contributed by atoms with Crippen LogP contribution < -0.4 is 5.73 Å². The molecule has 42 heavy (non-hydrogen) atoms. The van der Waals surface area contributed by atoms with Gasteiger partial charge in [0.05, 0.1) is 6.04 Å². The summed E-state index contributed by atoms with van der Waals surface area (Å²) in [5.74, 6) is -2.57. The zero-order valence-corrected chi connectivity index (χ0v) is 23.0. The summed E-state index contributed by atoms with van der Waals surface area (Å²) in [4.78, 5) is 54.0. The highest BCUT2D eigenvalue weighted by Crippen LogP contribution is 2.22. The van der Waals surface area contributed by atoms with Crippen molar-refractivity contribution >= 4 is 23.9 Å². The molecule has 3 amide bonds. The third kappa shape index (κ3) is 8.46. The van der Waals surface area contributed by atoms with E-state index in [1.54, 1.807) is 78.9 Å². The van der Waals surface area contributed by atoms with Crippen molar-refractivity contribution in [3.05, 3.63) is 144 Å². The van der Waals surface area contributed by atoms with Crippen molar-refractivity contribution in [2.75, 3.05) is 0 Å². The zero-order valence-electron chi connectivity index (χ0n) is 23.0. The minimum atomic E-state index is -1.52. The molecule has 0 heterocycles. The van der Waals surface area contributed by atoms with Crippen molar-refractivity contribution in [3.8, 4) is 0 Å². The Hall–Kier alpha value is -5.08. The Morgan fingerprint density at radius 2 is 1.17 bits per heavy atom. The van der Waals surface area contributed by atoms with Gasteiger partial charge in [0, 0.05) is 12.0 Å². The van der Waals surface area contributed by atoms with Crippen LogP contribution in [0.3, 0.4) is 0 Å². The van der Waals surface area contributed by atoms with Gasteiger partial charge in [-0.1, -0.05) is 121 Å². The number of nitrogens with zero attached hydrogens (tertiary/aromatic N) is 1. The highest BCUT2D eigenvalue weighted by Gasteiger charge is 2.37. The maximum absolute atomic E-state index is 13.6. The number of carbonyl (C=O) groups is 4. The maximum Gasteiger partial charge on any atom is 0.424 e. The summed E-state index contributed by atoms with van der Waals surface area (Å²) in [7, 11) is 0. The minimum Gasteiger partial charge on any atom is -0.458 e. The van der Waals surface area contributed by atoms with Crippen LogP contribution in [0.15, 0.2) is 121 Å². The van der Waals surface area contributed by atoms with Gasteiger partial charge in [-0.2, -0.15) is 4.90 Å². The number of hydrogen-bond acceptors (Lipinski definition) is 7. The molecule has 0 aliphatic carbocycles. The average Bonchev–Trinajstić information content (AvgIpc) is 3.03. The summed E-state index contributed by atoms with van der Waals surface area (Å²) >= 11 is 0. The fourth-order valence-corrected chi connectivity index (χ4v) is 4.28. The van der Waals surface area contributed by atoms with Crippen LogP contribution >= 0.6 is 0 Å². The number of carbonyl (C=O) groups excluding carboxylic acids is 4. The first-order valence-corrected chi connectivity index (χ1v) is 13.6. The first kappa shape index (κ1) is 29.9. The number of amides is 3. The van der Waals surface area contributed by atoms with Gasteiger partial charge in [-0.05, 0) is 29.5 Å². The van der Waals surface area contributed by atoms with Crippen molar-refractivity contribution in [1.82, 2.24) is 4.90 Å². The SMILES string of the molecule is N[C@@H](Cc1ccccc1)C(=O)N(C(=O)CCc1ccccc1)C(=O)OC(C(=O)OCc1ccccc1)c1ccccc1. The van der Waals surface area contributed by atoms with E-state index in [4.69, 9.17) is 15.2 Å². The molecule has 2 N–H and O–H groups in total. The summed E-state index contributed by atoms with van der Waals surface area (Å²) in [6.07, 6.45) is -2.60. The molecule has 8 heteroatoms. The van der Waals surface area contributed by atoms with Crippen LogP contribution in [0.2, 0.25) is 0 Å². The molecule has 2 atom stereocenters. The molecule has 0 aromatic heterocycles. The Balaban J connectivity index is 1.56. The van der Waals surface area contributed by atoms with Crippen LogP contribution in [0.4, 0.5) is 4.79 Å². The highest BCUT2D eigenvalue weighted by molar-refractivity contribution is 6.10. The summed E-state index contributed by atoms with van der Waals surface area (Å²) in [5.41, 5.74) is 8.88. The number of imide groups is 3. The fraction of sp³-hybridized carbons (Fsp3) is 0.176. The van der Waals surface area contributed by atoms with E-state index in [1.165, 1.54) is 0 Å². The standard InChI is InChI=1S/C34H32N2O6/c35-29(23-26-15-7-2-8-16-26)32(38)36(30(37)22-21-25-13-5-1-6-14-25)34(40)42-31(28-19-11-4-12-20-28)33(39)41-24-27-17-9-3-10-18-27/h1-20,29,31H,21-24,35H2/t29-,31?/m0/s1. The summed E-state index contributed by atoms with van der Waals surface area (Å²) in [6, 6.07) is 34.3. The van der Waals surface area contributed by atoms with Crippen molar-refractivity contribution in [1.29, 1.82) is 0 Å². The van der Waals surface area contributed by atoms with Crippen LogP contribution in [-0.2, 0) is 43.3 Å². The molecule has 4 aromatic carbocycles. The van der Waals surface area contributed by atoms with Crippen LogP contribution in [0.5, 0.6) is 0 Å². The normalized spacial score (nSPS) is 12.0. The van der Waals surface area contributed by atoms with E-state index >= 15 is 0 Å². The molecule has 0 saturated heterocycles. The third-order valence-corrected chi connectivity index (χ3v) is 6.50. The van der Waals surface area contributed by atoms with Gasteiger partial charge in [0.15, 0.2) is 0 Å². The third-order valence-electron chi connectivity index (χ3n) is 6.50. The first-order chi connectivity index (χ1) is 20.4. The monoisotopic (exact) mass is 564 g/mol. The van der Waals surface area contributed by atoms with Gasteiger partial charge in [0.25, 0.3) is 5.91 Å². The second-order valence-corrected chi connectivity index (χ2v) is 9.62. The maximum atomic E-state index is 13.6. The molecular weight excluding hydrogens is 532 g/mol. The minimum absolute atomic E-state index is 0.0544. The van der Waals surface area contributed by atoms with Gasteiger partial charge in [0.2, 0.25) is 12.0 Å². The van der Waals surface area contributed by atoms with E-state index in [9.17, 15) is 19.2 Å². The molecule has 0 aliphatic heterocycles. The van der Waals surface area contributed by atoms with Crippen molar-refractivity contribution in [3.63, 3.8) is 0 Å². The predicted molar refractivity (Wildman–Crippen MR) is 157 cm³/mol. The number of ether oxygens (including phenoxy) is 2. The lowest BCUT2D eigenvalue weighted by atomic mass is 10.0. The molecule has 0 radical (unpaired) electrons. The molecule has 0 spiro atoms. The Kier molecular flexibility index (Phi) is 10.7. The molecule has 0 saturated carbocycles. The van der Waals surface area contributed by atoms with Gasteiger partial charge < -0.3 is 15.2 Å². The average molecular weight is 565 g/mol. The quantitative estimate of drug-likeness (QED) is 0.250. The number of rotatable bonds is 11. The molecule has 0 bridgehead atoms. The lowest BCUT2D eigenvalue weighted by molar-refractivity contribution is -0.158. The summed E-state index contributed by atoms with van der Waals surface area (Å²) in [5, 5.41) is 0. The first-order valence-electron chi connectivity index (χ1n) is 13.6. The second-order valence-electron chi connectivity index (χ2n) is 9.62. The van der Waals surface area contributed by atoms with E-state index in [0.29, 0.717) is 10.5 Å². The predicted octanol–water partition coefficient (Wildman–Crippen LogP) is 5.17. The van der Waals surface area contributed by atoms with Crippen molar-refractivity contribution < 1.29 is 28.7 Å². The van der Waals surface area contributed by atoms with Crippen LogP contribution in [0.25, 0.3) is 0 Å². The van der Waals surface area contributed by atoms with Crippen molar-refractivity contribution in [2.24, 2.45) is 5.73 Å². The van der Waals surface area contributed by atoms with E-state index < -0.39 is 36.0 Å². The highest BCUT2D eigenvalue weighted by atomic mass is 16.6. The summed E-state index contributed by atoms with van der Waals surface area (Å²) in [6.45, 7) is -0.0544. The molecule has 0 aliphatic rings. The topological polar surface area (TPSA) is 116 Å². The van der Waals surface area contributed by atoms with Gasteiger partial charge in [-0.25, -0.2) is 9.59 Å². The Morgan fingerprint density at radius 3 is 1.74 bits per heavy atom. The van der Waals surface area contributed by atoms with E-state index in [-0.39, 0.29) is 25.9 Å². The fourth-order valence-electron chi connectivity index (χ4n) is 4.28. The number of esters is 1. The van der Waals surface area contributed by atoms with Gasteiger partial charge in [0.1, 0.15) is 6.61 Å². The zero-order chi connectivity index (χ0) is 29.7. The largest absolute Gasteiger partial charge is 0.458 e. The Bertz CT molecular complexity index is 1460. The number of hydrogen-bond donors (Lipinski definition) is 1. The molecule has 4 rings (SSSR count). The molecule has 8 nitrogen and oxygen atoms in total.